The van der Waals surface area contributed by atoms with E-state index >= 15 is 0 Å². The van der Waals surface area contributed by atoms with E-state index in [-0.39, 0.29) is 0 Å². The molecule has 0 fully saturated rings. The second kappa shape index (κ2) is 7.55. The summed E-state index contributed by atoms with van der Waals surface area (Å²) in [4.78, 5) is 0. The Morgan fingerprint density at radius 1 is 0.900 bits per heavy atom. The maximum Gasteiger partial charge on any atom is 0.133 e. The molecule has 0 N–H and O–H groups in total. The van der Waals surface area contributed by atoms with Gasteiger partial charge in [-0.2, -0.15) is 0 Å². The number of benzene rings is 2. The van der Waals surface area contributed by atoms with Crippen molar-refractivity contribution in [1.29, 1.82) is 0 Å². The highest BCUT2D eigenvalue weighted by Gasteiger charge is 2.03. The van der Waals surface area contributed by atoms with Gasteiger partial charge in [0.25, 0.3) is 0 Å². The molecule has 0 heterocycles. The van der Waals surface area contributed by atoms with Crippen LogP contribution in [0.2, 0.25) is 0 Å². The zero-order valence-electron chi connectivity index (χ0n) is 10.9. The standard InChI is InChI=1S/C15H14Br2O3/c1-18-12-5-6-15(14(17)10-12)20-8-7-19-13-4-2-3-11(16)9-13/h2-6,9-10H,7-8H2,1H3. The molecule has 0 saturated carbocycles. The molecule has 0 radical (unpaired) electrons. The Kier molecular flexibility index (Phi) is 5.73. The van der Waals surface area contributed by atoms with Crippen LogP contribution in [0.5, 0.6) is 17.2 Å². The highest BCUT2D eigenvalue weighted by atomic mass is 79.9. The van der Waals surface area contributed by atoms with Crippen molar-refractivity contribution in [3.8, 4) is 17.2 Å². The summed E-state index contributed by atoms with van der Waals surface area (Å²) in [5, 5.41) is 0. The summed E-state index contributed by atoms with van der Waals surface area (Å²) in [5.41, 5.74) is 0. The van der Waals surface area contributed by atoms with Gasteiger partial charge in [-0.3, -0.25) is 0 Å². The molecular formula is C15H14Br2O3. The molecule has 0 saturated heterocycles. The molecule has 0 amide bonds. The van der Waals surface area contributed by atoms with Crippen LogP contribution in [0, 0.1) is 0 Å². The number of methoxy groups -OCH3 is 1. The van der Waals surface area contributed by atoms with Gasteiger partial charge in [-0.25, -0.2) is 0 Å². The van der Waals surface area contributed by atoms with Gasteiger partial charge >= 0.3 is 0 Å². The topological polar surface area (TPSA) is 27.7 Å². The van der Waals surface area contributed by atoms with Crippen LogP contribution in [0.4, 0.5) is 0 Å². The fourth-order valence-electron chi connectivity index (χ4n) is 1.59. The first-order chi connectivity index (χ1) is 9.69. The normalized spacial score (nSPS) is 10.2. The van der Waals surface area contributed by atoms with Crippen molar-refractivity contribution in [3.63, 3.8) is 0 Å². The van der Waals surface area contributed by atoms with E-state index in [0.29, 0.717) is 13.2 Å². The van der Waals surface area contributed by atoms with E-state index in [1.54, 1.807) is 7.11 Å². The Labute approximate surface area is 135 Å². The fraction of sp³-hybridized carbons (Fsp3) is 0.200. The van der Waals surface area contributed by atoms with Crippen LogP contribution in [0.3, 0.4) is 0 Å². The van der Waals surface area contributed by atoms with Gasteiger partial charge in [-0.1, -0.05) is 22.0 Å². The van der Waals surface area contributed by atoms with Gasteiger partial charge in [0.1, 0.15) is 30.5 Å². The molecule has 0 aliphatic heterocycles. The van der Waals surface area contributed by atoms with Crippen molar-refractivity contribution >= 4 is 31.9 Å². The number of hydrogen-bond acceptors (Lipinski definition) is 3. The van der Waals surface area contributed by atoms with Gasteiger partial charge in [0.05, 0.1) is 11.6 Å². The van der Waals surface area contributed by atoms with Crippen molar-refractivity contribution in [2.45, 2.75) is 0 Å². The van der Waals surface area contributed by atoms with Crippen LogP contribution in [-0.4, -0.2) is 20.3 Å². The van der Waals surface area contributed by atoms with Crippen molar-refractivity contribution in [3.05, 3.63) is 51.4 Å². The van der Waals surface area contributed by atoms with Crippen LogP contribution >= 0.6 is 31.9 Å². The number of ether oxygens (including phenoxy) is 3. The van der Waals surface area contributed by atoms with Crippen LogP contribution in [0.25, 0.3) is 0 Å². The fourth-order valence-corrected chi connectivity index (χ4v) is 2.44. The molecule has 0 spiro atoms. The lowest BCUT2D eigenvalue weighted by Gasteiger charge is -2.10. The molecule has 0 unspecified atom stereocenters. The quantitative estimate of drug-likeness (QED) is 0.658. The summed E-state index contributed by atoms with van der Waals surface area (Å²) in [5.74, 6) is 2.37. The first-order valence-electron chi connectivity index (χ1n) is 6.04. The average Bonchev–Trinajstić information content (AvgIpc) is 2.45. The van der Waals surface area contributed by atoms with E-state index in [1.165, 1.54) is 0 Å². The number of rotatable bonds is 6. The molecule has 20 heavy (non-hydrogen) atoms. The van der Waals surface area contributed by atoms with E-state index in [2.05, 4.69) is 31.9 Å². The highest BCUT2D eigenvalue weighted by molar-refractivity contribution is 9.10. The molecule has 2 aromatic rings. The van der Waals surface area contributed by atoms with Crippen LogP contribution in [0.1, 0.15) is 0 Å². The lowest BCUT2D eigenvalue weighted by Crippen LogP contribution is -2.09. The molecule has 0 atom stereocenters. The third kappa shape index (κ3) is 4.42. The van der Waals surface area contributed by atoms with E-state index < -0.39 is 0 Å². The third-order valence-corrected chi connectivity index (χ3v) is 3.66. The second-order valence-corrected chi connectivity index (χ2v) is 5.72. The van der Waals surface area contributed by atoms with Gasteiger partial charge in [0.15, 0.2) is 0 Å². The Balaban J connectivity index is 1.81. The van der Waals surface area contributed by atoms with Crippen molar-refractivity contribution < 1.29 is 14.2 Å². The Morgan fingerprint density at radius 2 is 1.70 bits per heavy atom. The zero-order valence-corrected chi connectivity index (χ0v) is 14.1. The van der Waals surface area contributed by atoms with Gasteiger partial charge in [0, 0.05) is 4.47 Å². The zero-order chi connectivity index (χ0) is 14.4. The summed E-state index contributed by atoms with van der Waals surface area (Å²) in [7, 11) is 1.63. The minimum absolute atomic E-state index is 0.470. The average molecular weight is 402 g/mol. The maximum absolute atomic E-state index is 5.65. The van der Waals surface area contributed by atoms with Gasteiger partial charge in [-0.05, 0) is 52.3 Å². The number of hydrogen-bond donors (Lipinski definition) is 0. The van der Waals surface area contributed by atoms with Crippen LogP contribution in [-0.2, 0) is 0 Å². The van der Waals surface area contributed by atoms with Crippen molar-refractivity contribution in [2.75, 3.05) is 20.3 Å². The second-order valence-electron chi connectivity index (χ2n) is 3.95. The smallest absolute Gasteiger partial charge is 0.133 e. The summed E-state index contributed by atoms with van der Waals surface area (Å²) in [6.07, 6.45) is 0. The predicted molar refractivity (Wildman–Crippen MR) is 85.8 cm³/mol. The molecule has 0 aliphatic rings. The number of halogens is 2. The summed E-state index contributed by atoms with van der Waals surface area (Å²) in [6.45, 7) is 0.951. The van der Waals surface area contributed by atoms with Crippen molar-refractivity contribution in [2.24, 2.45) is 0 Å². The molecule has 0 aliphatic carbocycles. The molecular weight excluding hydrogens is 388 g/mol. The van der Waals surface area contributed by atoms with E-state index in [4.69, 9.17) is 14.2 Å². The van der Waals surface area contributed by atoms with Crippen LogP contribution < -0.4 is 14.2 Å². The lowest BCUT2D eigenvalue weighted by atomic mass is 10.3. The molecule has 0 aromatic heterocycles. The largest absolute Gasteiger partial charge is 0.497 e. The van der Waals surface area contributed by atoms with E-state index in [0.717, 1.165) is 26.2 Å². The first kappa shape index (κ1) is 15.2. The molecule has 0 bridgehead atoms. The van der Waals surface area contributed by atoms with Crippen molar-refractivity contribution in [1.82, 2.24) is 0 Å². The Morgan fingerprint density at radius 3 is 2.40 bits per heavy atom. The molecule has 2 aromatic carbocycles. The summed E-state index contributed by atoms with van der Waals surface area (Å²) < 4.78 is 18.2. The SMILES string of the molecule is COc1ccc(OCCOc2cccc(Br)c2)c(Br)c1. The highest BCUT2D eigenvalue weighted by Crippen LogP contribution is 2.29. The Bertz CT molecular complexity index is 573. The third-order valence-electron chi connectivity index (χ3n) is 2.54. The van der Waals surface area contributed by atoms with Gasteiger partial charge in [-0.15, -0.1) is 0 Å². The summed E-state index contributed by atoms with van der Waals surface area (Å²) >= 11 is 6.84. The Hall–Kier alpha value is -1.20. The van der Waals surface area contributed by atoms with E-state index in [9.17, 15) is 0 Å². The van der Waals surface area contributed by atoms with Gasteiger partial charge in [0.2, 0.25) is 0 Å². The summed E-state index contributed by atoms with van der Waals surface area (Å²) in [6, 6.07) is 13.3. The molecule has 3 nitrogen and oxygen atoms in total. The van der Waals surface area contributed by atoms with Crippen LogP contribution in [0.15, 0.2) is 51.4 Å². The van der Waals surface area contributed by atoms with E-state index in [1.807, 2.05) is 42.5 Å². The first-order valence-corrected chi connectivity index (χ1v) is 7.62. The minimum Gasteiger partial charge on any atom is -0.497 e. The monoisotopic (exact) mass is 400 g/mol. The predicted octanol–water partition coefficient (Wildman–Crippen LogP) is 4.68. The molecule has 106 valence electrons. The molecule has 2 rings (SSSR count). The lowest BCUT2D eigenvalue weighted by molar-refractivity contribution is 0.216. The minimum atomic E-state index is 0.470. The van der Waals surface area contributed by atoms with Gasteiger partial charge < -0.3 is 14.2 Å². The maximum atomic E-state index is 5.65. The molecule has 5 heteroatoms.